The van der Waals surface area contributed by atoms with Gasteiger partial charge in [-0.25, -0.2) is 4.98 Å². The second-order valence-corrected chi connectivity index (χ2v) is 9.84. The minimum atomic E-state index is -0.166. The van der Waals surface area contributed by atoms with Gasteiger partial charge in [0.1, 0.15) is 16.5 Å². The Balaban J connectivity index is 1.30. The first kappa shape index (κ1) is 24.7. The molecular weight excluding hydrogens is 504 g/mol. The molecule has 3 aromatic heterocycles. The van der Waals surface area contributed by atoms with E-state index in [1.54, 1.807) is 24.9 Å². The van der Waals surface area contributed by atoms with Crippen LogP contribution in [0.15, 0.2) is 89.7 Å². The Morgan fingerprint density at radius 1 is 1.03 bits per heavy atom. The van der Waals surface area contributed by atoms with Gasteiger partial charge in [-0.15, -0.1) is 21.5 Å². The monoisotopic (exact) mass is 528 g/mol. The summed E-state index contributed by atoms with van der Waals surface area (Å²) in [6.45, 7) is 0.560. The van der Waals surface area contributed by atoms with Crippen molar-refractivity contribution in [3.8, 4) is 22.8 Å². The predicted molar refractivity (Wildman–Crippen MR) is 145 cm³/mol. The molecule has 0 unspecified atom stereocenters. The van der Waals surface area contributed by atoms with Gasteiger partial charge in [-0.3, -0.25) is 14.3 Å². The minimum absolute atomic E-state index is 0.166. The number of carbonyl (C=O) groups excluding carboxylic acids is 1. The fourth-order valence-electron chi connectivity index (χ4n) is 3.75. The molecule has 8 nitrogen and oxygen atoms in total. The molecule has 0 fully saturated rings. The summed E-state index contributed by atoms with van der Waals surface area (Å²) in [5, 5.41) is 15.2. The van der Waals surface area contributed by atoms with Crippen LogP contribution in [0.1, 0.15) is 21.1 Å². The highest BCUT2D eigenvalue weighted by Crippen LogP contribution is 2.33. The Morgan fingerprint density at radius 3 is 2.62 bits per heavy atom. The van der Waals surface area contributed by atoms with Crippen LogP contribution in [0.25, 0.3) is 17.1 Å². The summed E-state index contributed by atoms with van der Waals surface area (Å²) in [5.41, 5.74) is 3.34. The smallest absolute Gasteiger partial charge is 0.270 e. The molecule has 10 heteroatoms. The molecule has 0 atom stereocenters. The Bertz CT molecular complexity index is 1470. The van der Waals surface area contributed by atoms with Gasteiger partial charge < -0.3 is 10.1 Å². The molecule has 0 saturated heterocycles. The Hall–Kier alpha value is -4.02. The standard InChI is InChI=1S/C27H24N6O2S2/c1-35-23-10-6-5-9-22(23)33-25(20-12-14-28-15-13-20)31-32-27(33)37-18-24-30-21(17-36-24)26(34)29-16-11-19-7-3-2-4-8-19/h2-10,12-15,17H,11,16,18H2,1H3,(H,29,34). The number of methoxy groups -OCH3 is 1. The third kappa shape index (κ3) is 5.87. The molecule has 2 aromatic carbocycles. The van der Waals surface area contributed by atoms with Gasteiger partial charge in [-0.2, -0.15) is 0 Å². The molecule has 5 aromatic rings. The van der Waals surface area contributed by atoms with Gasteiger partial charge in [0.15, 0.2) is 11.0 Å². The maximum Gasteiger partial charge on any atom is 0.270 e. The van der Waals surface area contributed by atoms with E-state index in [1.807, 2.05) is 71.3 Å². The third-order valence-electron chi connectivity index (χ3n) is 5.55. The summed E-state index contributed by atoms with van der Waals surface area (Å²) in [5.74, 6) is 1.78. The molecule has 0 saturated carbocycles. The van der Waals surface area contributed by atoms with Gasteiger partial charge in [0.2, 0.25) is 0 Å². The number of aromatic nitrogens is 5. The molecule has 37 heavy (non-hydrogen) atoms. The largest absolute Gasteiger partial charge is 0.495 e. The molecular formula is C27H24N6O2S2. The second kappa shape index (κ2) is 11.8. The first-order valence-electron chi connectivity index (χ1n) is 11.6. The lowest BCUT2D eigenvalue weighted by Crippen LogP contribution is -2.26. The van der Waals surface area contributed by atoms with Crippen LogP contribution < -0.4 is 10.1 Å². The van der Waals surface area contributed by atoms with Gasteiger partial charge in [0.05, 0.1) is 18.6 Å². The molecule has 3 heterocycles. The van der Waals surface area contributed by atoms with E-state index in [-0.39, 0.29) is 5.91 Å². The van der Waals surface area contributed by atoms with Crippen molar-refractivity contribution < 1.29 is 9.53 Å². The number of pyridine rings is 1. The molecule has 186 valence electrons. The average molecular weight is 529 g/mol. The molecule has 0 aliphatic heterocycles. The number of carbonyl (C=O) groups is 1. The van der Waals surface area contributed by atoms with E-state index in [9.17, 15) is 4.79 Å². The first-order valence-corrected chi connectivity index (χ1v) is 13.5. The van der Waals surface area contributed by atoms with E-state index >= 15 is 0 Å². The number of nitrogens with zero attached hydrogens (tertiary/aromatic N) is 5. The SMILES string of the molecule is COc1ccccc1-n1c(SCc2nc(C(=O)NCCc3ccccc3)cs2)nnc1-c1ccncc1. The molecule has 0 bridgehead atoms. The van der Waals surface area contributed by atoms with Crippen molar-refractivity contribution in [3.05, 3.63) is 101 Å². The summed E-state index contributed by atoms with van der Waals surface area (Å²) >= 11 is 2.96. The van der Waals surface area contributed by atoms with Crippen molar-refractivity contribution in [2.75, 3.05) is 13.7 Å². The first-order chi connectivity index (χ1) is 18.2. The number of ether oxygens (including phenoxy) is 1. The van der Waals surface area contributed by atoms with Crippen LogP contribution >= 0.6 is 23.1 Å². The normalized spacial score (nSPS) is 10.8. The lowest BCUT2D eigenvalue weighted by molar-refractivity contribution is 0.0949. The zero-order valence-corrected chi connectivity index (χ0v) is 21.7. The number of hydrogen-bond acceptors (Lipinski definition) is 8. The number of nitrogens with one attached hydrogen (secondary N) is 1. The van der Waals surface area contributed by atoms with Gasteiger partial charge in [-0.05, 0) is 36.2 Å². The summed E-state index contributed by atoms with van der Waals surface area (Å²) < 4.78 is 7.59. The van der Waals surface area contributed by atoms with Crippen LogP contribution in [0.3, 0.4) is 0 Å². The number of thiazole rings is 1. The predicted octanol–water partition coefficient (Wildman–Crippen LogP) is 5.06. The van der Waals surface area contributed by atoms with E-state index in [4.69, 9.17) is 4.74 Å². The summed E-state index contributed by atoms with van der Waals surface area (Å²) in [4.78, 5) is 21.2. The number of hydrogen-bond donors (Lipinski definition) is 1. The topological polar surface area (TPSA) is 94.8 Å². The van der Waals surface area contributed by atoms with E-state index < -0.39 is 0 Å². The van der Waals surface area contributed by atoms with Crippen molar-refractivity contribution in [1.82, 2.24) is 30.0 Å². The number of thioether (sulfide) groups is 1. The lowest BCUT2D eigenvalue weighted by atomic mass is 10.1. The van der Waals surface area contributed by atoms with Crippen LogP contribution in [0.5, 0.6) is 5.75 Å². The fraction of sp³-hybridized carbons (Fsp3) is 0.148. The van der Waals surface area contributed by atoms with E-state index in [2.05, 4.69) is 25.5 Å². The molecule has 1 N–H and O–H groups in total. The highest BCUT2D eigenvalue weighted by atomic mass is 32.2. The van der Waals surface area contributed by atoms with Crippen LogP contribution in [0.2, 0.25) is 0 Å². The van der Waals surface area contributed by atoms with Gasteiger partial charge in [0, 0.05) is 29.9 Å². The summed E-state index contributed by atoms with van der Waals surface area (Å²) in [6, 6.07) is 21.6. The number of amides is 1. The van der Waals surface area contributed by atoms with Gasteiger partial charge in [-0.1, -0.05) is 54.2 Å². The van der Waals surface area contributed by atoms with E-state index in [1.165, 1.54) is 28.7 Å². The maximum atomic E-state index is 12.6. The molecule has 0 spiro atoms. The number of rotatable bonds is 10. The van der Waals surface area contributed by atoms with Gasteiger partial charge in [0.25, 0.3) is 5.91 Å². The summed E-state index contributed by atoms with van der Waals surface area (Å²) in [7, 11) is 1.64. The number of benzene rings is 2. The molecule has 0 aliphatic carbocycles. The van der Waals surface area contributed by atoms with Crippen LogP contribution in [-0.2, 0) is 12.2 Å². The highest BCUT2D eigenvalue weighted by Gasteiger charge is 2.20. The maximum absolute atomic E-state index is 12.6. The van der Waals surface area contributed by atoms with Crippen LogP contribution in [0.4, 0.5) is 0 Å². The Morgan fingerprint density at radius 2 is 1.81 bits per heavy atom. The molecule has 1 amide bonds. The highest BCUT2D eigenvalue weighted by molar-refractivity contribution is 7.98. The second-order valence-electron chi connectivity index (χ2n) is 7.96. The van der Waals surface area contributed by atoms with Crippen molar-refractivity contribution in [1.29, 1.82) is 0 Å². The summed E-state index contributed by atoms with van der Waals surface area (Å²) in [6.07, 6.45) is 4.23. The van der Waals surface area contributed by atoms with Crippen molar-refractivity contribution in [2.45, 2.75) is 17.3 Å². The lowest BCUT2D eigenvalue weighted by Gasteiger charge is -2.13. The fourth-order valence-corrected chi connectivity index (χ4v) is 5.48. The Labute approximate surface area is 222 Å². The Kier molecular flexibility index (Phi) is 7.87. The average Bonchev–Trinajstić information content (AvgIpc) is 3.60. The zero-order valence-electron chi connectivity index (χ0n) is 20.1. The zero-order chi connectivity index (χ0) is 25.5. The van der Waals surface area contributed by atoms with Crippen molar-refractivity contribution in [2.24, 2.45) is 0 Å². The molecule has 5 rings (SSSR count). The third-order valence-corrected chi connectivity index (χ3v) is 7.52. The minimum Gasteiger partial charge on any atom is -0.495 e. The number of para-hydroxylation sites is 2. The van der Waals surface area contributed by atoms with Crippen molar-refractivity contribution >= 4 is 29.0 Å². The van der Waals surface area contributed by atoms with Crippen LogP contribution in [0, 0.1) is 0 Å². The van der Waals surface area contributed by atoms with E-state index in [0.29, 0.717) is 34.7 Å². The molecule has 0 radical (unpaired) electrons. The molecule has 0 aliphatic rings. The van der Waals surface area contributed by atoms with Gasteiger partial charge >= 0.3 is 0 Å². The quantitative estimate of drug-likeness (QED) is 0.253. The van der Waals surface area contributed by atoms with E-state index in [0.717, 1.165) is 22.7 Å². The van der Waals surface area contributed by atoms with Crippen LogP contribution in [-0.4, -0.2) is 44.3 Å². The van der Waals surface area contributed by atoms with Crippen molar-refractivity contribution in [3.63, 3.8) is 0 Å².